The number of aromatic nitrogens is 3. The van der Waals surface area contributed by atoms with E-state index < -0.39 is 66.0 Å². The van der Waals surface area contributed by atoms with Crippen molar-refractivity contribution < 1.29 is 86.0 Å². The van der Waals surface area contributed by atoms with Gasteiger partial charge in [-0.3, -0.25) is 31.9 Å². The standard InChI is InChI=1S/C19H25N3O3.C18H22N2O3S.2C17H20N2O3S.C16H20N2O3S.C15H20N4O3S2/c1-12-7-9-13(10-8-12)20-18(24)21-14-11-15(19(2,3)4)22(5)16(14)17(23)25-6;1-11-6-8-12(9-7-11)19-17(22)20-15-13(16(21)23-5)10-14(24-15)18(2,3)4;1-10(2)14-9-13(16(20)22-4)15(23-14)19-17(21)18-12-7-5-11(3)6-8-12;1-17(2,3)13-10-12(15(20)22-4)14(23-13)19-16(21)18-11-8-6-5-7-9-11;1-9(2)13-8-12(15(19)21-4)14(22-13)18-16(20)17-11-6-5-10(3)7-11;1-6-10-18-19-14(24-10)17-13(21)16-11-8(12(20)22-5)7-9(23-11)15(2,3)4/h7-11H,1-6H3,(H2,20,21,24);6-10H,1-5H3,(H2,19,20,22);2*5-10H,1-4H3,(H2,18,19,21);5-6,8-9H,7H2,1-4H3,(H2,17,18,20);7H,6H2,1-5H3,(H2,16,17,19,21). The predicted octanol–water partition coefficient (Wildman–Crippen LogP) is 25.8. The molecule has 11 aromatic rings. The summed E-state index contributed by atoms with van der Waals surface area (Å²) in [7, 11) is 9.73. The number of benzene rings is 4. The van der Waals surface area contributed by atoms with E-state index in [1.807, 2.05) is 228 Å². The number of nitrogens with zero attached hydrogens (tertiary/aromatic N) is 3. The van der Waals surface area contributed by atoms with Crippen LogP contribution >= 0.6 is 68.0 Å². The van der Waals surface area contributed by atoms with Gasteiger partial charge in [-0.05, 0) is 153 Å². The van der Waals surface area contributed by atoms with Crippen molar-refractivity contribution in [3.05, 3.63) is 248 Å². The summed E-state index contributed by atoms with van der Waals surface area (Å²) in [6, 6.07) is 39.8. The number of nitrogens with one attached hydrogen (secondary N) is 12. The normalized spacial score (nSPS) is 11.4. The molecular formula is C102H127N15O18S6. The molecule has 12 rings (SSSR count). The van der Waals surface area contributed by atoms with Crippen LogP contribution in [0.4, 0.5) is 87.3 Å². The number of thiophene rings is 5. The number of hydrogen-bond donors (Lipinski definition) is 12. The van der Waals surface area contributed by atoms with Gasteiger partial charge >= 0.3 is 72.0 Å². The zero-order valence-electron chi connectivity index (χ0n) is 84.6. The van der Waals surface area contributed by atoms with Crippen molar-refractivity contribution in [1.82, 2.24) is 20.1 Å². The van der Waals surface area contributed by atoms with Gasteiger partial charge in [-0.2, -0.15) is 0 Å². The lowest BCUT2D eigenvalue weighted by Crippen LogP contribution is -2.28. The van der Waals surface area contributed by atoms with Crippen LogP contribution in [0.15, 0.2) is 163 Å². The molecule has 12 N–H and O–H groups in total. The average Bonchev–Trinajstić information content (AvgIpc) is 1.65. The number of methoxy groups -OCH3 is 6. The first-order valence-corrected chi connectivity index (χ1v) is 49.4. The number of aryl methyl sites for hydroxylation is 4. The van der Waals surface area contributed by atoms with Crippen LogP contribution < -0.4 is 63.8 Å². The lowest BCUT2D eigenvalue weighted by Gasteiger charge is -2.19. The highest BCUT2D eigenvalue weighted by Crippen LogP contribution is 2.42. The highest BCUT2D eigenvalue weighted by atomic mass is 32.1. The molecule has 12 amide bonds. The summed E-state index contributed by atoms with van der Waals surface area (Å²) in [4.78, 5) is 150. The summed E-state index contributed by atoms with van der Waals surface area (Å²) in [6.07, 6.45) is 5.34. The second-order valence-electron chi connectivity index (χ2n) is 36.6. The van der Waals surface area contributed by atoms with Crippen molar-refractivity contribution in [2.75, 3.05) is 101 Å². The van der Waals surface area contributed by atoms with E-state index in [-0.39, 0.29) is 39.5 Å². The van der Waals surface area contributed by atoms with Gasteiger partial charge in [0.2, 0.25) is 5.13 Å². The molecule has 0 saturated heterocycles. The molecule has 1 aliphatic carbocycles. The van der Waals surface area contributed by atoms with E-state index in [1.54, 1.807) is 60.1 Å². The number of carbonyl (C=O) groups excluding carboxylic acids is 12. The van der Waals surface area contributed by atoms with Crippen molar-refractivity contribution in [2.45, 2.75) is 192 Å². The maximum absolute atomic E-state index is 12.3. The lowest BCUT2D eigenvalue weighted by atomic mass is 9.92. The van der Waals surface area contributed by atoms with Crippen LogP contribution in [0.3, 0.4) is 0 Å². The predicted molar refractivity (Wildman–Crippen MR) is 569 cm³/mol. The number of allylic oxidation sites excluding steroid dienone is 3. The first kappa shape index (κ1) is 114. The van der Waals surface area contributed by atoms with Gasteiger partial charge in [0, 0.05) is 77.4 Å². The molecule has 1 aliphatic rings. The fourth-order valence-electron chi connectivity index (χ4n) is 12.4. The molecule has 4 aromatic carbocycles. The Kier molecular flexibility index (Phi) is 42.0. The van der Waals surface area contributed by atoms with Crippen LogP contribution in [-0.4, -0.2) is 129 Å². The fourth-order valence-corrected chi connectivity index (χ4v) is 18.5. The molecule has 7 heterocycles. The summed E-state index contributed by atoms with van der Waals surface area (Å²) >= 11 is 8.19. The van der Waals surface area contributed by atoms with E-state index in [0.717, 1.165) is 70.3 Å². The molecule has 141 heavy (non-hydrogen) atoms. The van der Waals surface area contributed by atoms with Crippen LogP contribution in [0.25, 0.3) is 0 Å². The maximum Gasteiger partial charge on any atom is 0.356 e. The number of ether oxygens (including phenoxy) is 6. The number of para-hydroxylation sites is 1. The average molecular weight is 2040 g/mol. The minimum absolute atomic E-state index is 0.122. The zero-order chi connectivity index (χ0) is 105. The summed E-state index contributed by atoms with van der Waals surface area (Å²) in [5, 5.41) is 44.3. The first-order valence-electron chi connectivity index (χ1n) is 44.5. The van der Waals surface area contributed by atoms with Gasteiger partial charge in [-0.15, -0.1) is 66.9 Å². The Morgan fingerprint density at radius 1 is 0.348 bits per heavy atom. The molecule has 0 aliphatic heterocycles. The monoisotopic (exact) mass is 2040 g/mol. The highest BCUT2D eigenvalue weighted by molar-refractivity contribution is 7.18. The molecular weight excluding hydrogens is 1920 g/mol. The second kappa shape index (κ2) is 51.9. The van der Waals surface area contributed by atoms with E-state index in [1.165, 1.54) is 116 Å². The van der Waals surface area contributed by atoms with E-state index in [4.69, 9.17) is 28.4 Å². The Hall–Kier alpha value is -13.9. The highest BCUT2D eigenvalue weighted by Gasteiger charge is 2.32. The van der Waals surface area contributed by atoms with Gasteiger partial charge in [-0.1, -0.05) is 212 Å². The summed E-state index contributed by atoms with van der Waals surface area (Å²) in [5.41, 5.74) is 11.0. The quantitative estimate of drug-likeness (QED) is 0.0235. The van der Waals surface area contributed by atoms with E-state index in [2.05, 4.69) is 94.8 Å². The van der Waals surface area contributed by atoms with Crippen LogP contribution in [0, 0.1) is 20.8 Å². The third-order valence-electron chi connectivity index (χ3n) is 20.1. The smallest absolute Gasteiger partial charge is 0.356 e. The van der Waals surface area contributed by atoms with Crippen molar-refractivity contribution in [2.24, 2.45) is 7.05 Å². The minimum atomic E-state index is -0.497. The van der Waals surface area contributed by atoms with Crippen molar-refractivity contribution in [1.29, 1.82) is 0 Å². The summed E-state index contributed by atoms with van der Waals surface area (Å²) < 4.78 is 30.6. The largest absolute Gasteiger partial charge is 0.465 e. The van der Waals surface area contributed by atoms with Crippen LogP contribution in [0.1, 0.15) is 257 Å². The second-order valence-corrected chi connectivity index (χ2v) is 43.0. The van der Waals surface area contributed by atoms with E-state index >= 15 is 0 Å². The van der Waals surface area contributed by atoms with E-state index in [0.29, 0.717) is 92.1 Å². The van der Waals surface area contributed by atoms with Crippen molar-refractivity contribution in [3.8, 4) is 0 Å². The minimum Gasteiger partial charge on any atom is -0.465 e. The number of anilines is 11. The molecule has 33 nitrogen and oxygen atoms in total. The third-order valence-corrected chi connectivity index (χ3v) is 28.2. The topological polar surface area (TPSA) is 435 Å². The maximum atomic E-state index is 12.3. The van der Waals surface area contributed by atoms with Crippen LogP contribution in [-0.2, 0) is 63.5 Å². The van der Waals surface area contributed by atoms with Gasteiger partial charge in [0.25, 0.3) is 0 Å². The molecule has 0 atom stereocenters. The summed E-state index contributed by atoms with van der Waals surface area (Å²) in [5.74, 6) is -2.28. The van der Waals surface area contributed by atoms with Crippen molar-refractivity contribution in [3.63, 3.8) is 0 Å². The number of urea groups is 6. The lowest BCUT2D eigenvalue weighted by molar-refractivity contribution is 0.0583. The number of esters is 6. The van der Waals surface area contributed by atoms with Gasteiger partial charge in [0.05, 0.1) is 76.2 Å². The molecule has 754 valence electrons. The molecule has 39 heteroatoms. The zero-order valence-corrected chi connectivity index (χ0v) is 89.5. The van der Waals surface area contributed by atoms with Gasteiger partial charge < -0.3 is 64.9 Å². The molecule has 0 unspecified atom stereocenters. The Balaban J connectivity index is 0.000000230. The molecule has 7 aromatic heterocycles. The molecule has 0 saturated carbocycles. The third kappa shape index (κ3) is 34.9. The Morgan fingerprint density at radius 3 is 0.943 bits per heavy atom. The molecule has 0 bridgehead atoms. The number of carbonyl (C=O) groups is 12. The molecule has 0 radical (unpaired) electrons. The van der Waals surface area contributed by atoms with Gasteiger partial charge in [0.1, 0.15) is 30.0 Å². The van der Waals surface area contributed by atoms with Crippen LogP contribution in [0.2, 0.25) is 0 Å². The first-order chi connectivity index (χ1) is 66.2. The number of amides is 12. The van der Waals surface area contributed by atoms with E-state index in [9.17, 15) is 57.5 Å². The van der Waals surface area contributed by atoms with Gasteiger partial charge in [0.15, 0.2) is 5.69 Å². The van der Waals surface area contributed by atoms with Crippen LogP contribution in [0.5, 0.6) is 0 Å². The molecule has 0 fully saturated rings. The Morgan fingerprint density at radius 2 is 0.652 bits per heavy atom. The Bertz CT molecular complexity index is 6290. The SMILES string of the molecule is CCc1nnc(NC(=O)Nc2sc(C(C)(C)C)cc2C(=O)OC)s1.COC(=O)c1c(NC(=O)Nc2ccc(C)cc2)cc(C(C)(C)C)n1C.COC(=O)c1cc(C(C)(C)C)sc1NC(=O)Nc1ccc(C)cc1.COC(=O)c1cc(C(C)(C)C)sc1NC(=O)Nc1ccccc1.COC(=O)c1cc(C(C)C)sc1NC(=O)NC1=CC=C(C)C1.COC(=O)c1cc(C(C)C)sc1NC(=O)Nc1ccc(C)cc1. The number of rotatable bonds is 21. The van der Waals surface area contributed by atoms with Gasteiger partial charge in [-0.25, -0.2) is 57.5 Å². The van der Waals surface area contributed by atoms with Crippen molar-refractivity contribution >= 4 is 199 Å². The number of hydrogen-bond acceptors (Lipinski definition) is 26. The fraction of sp³-hybridized carbons (Fsp3) is 0.353. The molecule has 0 spiro atoms. The Labute approximate surface area is 847 Å². The summed E-state index contributed by atoms with van der Waals surface area (Å²) in [6.45, 7) is 42.6.